The fraction of sp³-hybridized carbons (Fsp3) is 0.400. The SMILES string of the molecule is O=[N+]([O-])c1c(F)cccc1N1CCCC(c2nc(C(F)(F)F)cs2)C1. The first-order valence-corrected chi connectivity index (χ1v) is 8.36. The summed E-state index contributed by atoms with van der Waals surface area (Å²) in [4.78, 5) is 15.7. The number of rotatable bonds is 3. The Morgan fingerprint density at radius 1 is 1.36 bits per heavy atom. The van der Waals surface area contributed by atoms with Crippen molar-refractivity contribution in [3.8, 4) is 0 Å². The van der Waals surface area contributed by atoms with E-state index in [1.165, 1.54) is 12.1 Å². The quantitative estimate of drug-likeness (QED) is 0.447. The molecule has 134 valence electrons. The molecule has 25 heavy (non-hydrogen) atoms. The van der Waals surface area contributed by atoms with Gasteiger partial charge in [0.25, 0.3) is 0 Å². The number of aromatic nitrogens is 1. The largest absolute Gasteiger partial charge is 0.434 e. The van der Waals surface area contributed by atoms with Gasteiger partial charge in [-0.05, 0) is 25.0 Å². The number of anilines is 1. The van der Waals surface area contributed by atoms with E-state index in [1.807, 2.05) is 0 Å². The number of piperidine rings is 1. The number of halogens is 4. The van der Waals surface area contributed by atoms with Gasteiger partial charge in [0.05, 0.1) is 9.93 Å². The summed E-state index contributed by atoms with van der Waals surface area (Å²) in [6, 6.07) is 3.85. The Morgan fingerprint density at radius 2 is 2.12 bits per heavy atom. The Morgan fingerprint density at radius 3 is 2.76 bits per heavy atom. The van der Waals surface area contributed by atoms with Crippen molar-refractivity contribution >= 4 is 22.7 Å². The Balaban J connectivity index is 1.86. The maximum Gasteiger partial charge on any atom is 0.434 e. The zero-order chi connectivity index (χ0) is 18.2. The van der Waals surface area contributed by atoms with Crippen LogP contribution in [0, 0.1) is 15.9 Å². The van der Waals surface area contributed by atoms with Crippen LogP contribution in [0.2, 0.25) is 0 Å². The van der Waals surface area contributed by atoms with Crippen LogP contribution in [0.5, 0.6) is 0 Å². The molecule has 3 rings (SSSR count). The molecule has 1 aromatic heterocycles. The van der Waals surface area contributed by atoms with Crippen molar-refractivity contribution in [2.24, 2.45) is 0 Å². The van der Waals surface area contributed by atoms with Gasteiger partial charge in [-0.25, -0.2) is 4.98 Å². The smallest absolute Gasteiger partial charge is 0.365 e. The van der Waals surface area contributed by atoms with Gasteiger partial charge in [-0.15, -0.1) is 11.3 Å². The van der Waals surface area contributed by atoms with Crippen LogP contribution in [-0.2, 0) is 6.18 Å². The molecule has 0 bridgehead atoms. The average Bonchev–Trinajstić information content (AvgIpc) is 3.04. The van der Waals surface area contributed by atoms with Crippen LogP contribution in [0.1, 0.15) is 29.5 Å². The minimum Gasteiger partial charge on any atom is -0.365 e. The van der Waals surface area contributed by atoms with E-state index in [1.54, 1.807) is 4.90 Å². The summed E-state index contributed by atoms with van der Waals surface area (Å²) >= 11 is 0.928. The minimum atomic E-state index is -4.50. The molecule has 5 nitrogen and oxygen atoms in total. The van der Waals surface area contributed by atoms with Gasteiger partial charge < -0.3 is 4.90 Å². The van der Waals surface area contributed by atoms with E-state index in [0.717, 1.165) is 22.8 Å². The van der Waals surface area contributed by atoms with Gasteiger partial charge in [-0.2, -0.15) is 17.6 Å². The van der Waals surface area contributed by atoms with Crippen molar-refractivity contribution in [3.63, 3.8) is 0 Å². The van der Waals surface area contributed by atoms with Crippen LogP contribution >= 0.6 is 11.3 Å². The predicted molar refractivity (Wildman–Crippen MR) is 84.4 cm³/mol. The second-order valence-electron chi connectivity index (χ2n) is 5.72. The zero-order valence-electron chi connectivity index (χ0n) is 12.8. The first kappa shape index (κ1) is 17.6. The third-order valence-electron chi connectivity index (χ3n) is 4.07. The normalized spacial score (nSPS) is 18.4. The van der Waals surface area contributed by atoms with E-state index in [-0.39, 0.29) is 18.2 Å². The van der Waals surface area contributed by atoms with Crippen molar-refractivity contribution < 1.29 is 22.5 Å². The molecule has 2 aromatic rings. The van der Waals surface area contributed by atoms with Crippen LogP contribution in [-0.4, -0.2) is 23.0 Å². The van der Waals surface area contributed by atoms with Crippen LogP contribution in [0.3, 0.4) is 0 Å². The number of nitro groups is 1. The van der Waals surface area contributed by atoms with Crippen LogP contribution < -0.4 is 4.90 Å². The molecule has 0 N–H and O–H groups in total. The van der Waals surface area contributed by atoms with Gasteiger partial charge in [-0.3, -0.25) is 10.1 Å². The second kappa shape index (κ2) is 6.58. The summed E-state index contributed by atoms with van der Waals surface area (Å²) in [5.74, 6) is -1.21. The van der Waals surface area contributed by atoms with Crippen LogP contribution in [0.15, 0.2) is 23.6 Å². The van der Waals surface area contributed by atoms with Gasteiger partial charge in [-0.1, -0.05) is 6.07 Å². The van der Waals surface area contributed by atoms with E-state index >= 15 is 0 Å². The van der Waals surface area contributed by atoms with Gasteiger partial charge in [0.15, 0.2) is 5.69 Å². The van der Waals surface area contributed by atoms with Crippen LogP contribution in [0.25, 0.3) is 0 Å². The summed E-state index contributed by atoms with van der Waals surface area (Å²) in [7, 11) is 0. The van der Waals surface area contributed by atoms with Gasteiger partial charge in [0.1, 0.15) is 5.69 Å². The highest BCUT2D eigenvalue weighted by atomic mass is 32.1. The lowest BCUT2D eigenvalue weighted by molar-refractivity contribution is -0.386. The first-order valence-electron chi connectivity index (χ1n) is 7.48. The average molecular weight is 375 g/mol. The van der Waals surface area contributed by atoms with E-state index in [0.29, 0.717) is 24.4 Å². The van der Waals surface area contributed by atoms with Gasteiger partial charge >= 0.3 is 11.9 Å². The molecular weight excluding hydrogens is 362 g/mol. The Kier molecular flexibility index (Phi) is 4.63. The monoisotopic (exact) mass is 375 g/mol. The summed E-state index contributed by atoms with van der Waals surface area (Å²) in [5.41, 5.74) is -1.40. The van der Waals surface area contributed by atoms with Crippen molar-refractivity contribution in [2.75, 3.05) is 18.0 Å². The third-order valence-corrected chi connectivity index (χ3v) is 5.08. The number of nitrogens with zero attached hydrogens (tertiary/aromatic N) is 3. The molecule has 0 aliphatic carbocycles. The Labute approximate surface area is 144 Å². The highest BCUT2D eigenvalue weighted by molar-refractivity contribution is 7.09. The zero-order valence-corrected chi connectivity index (χ0v) is 13.6. The minimum absolute atomic E-state index is 0.141. The lowest BCUT2D eigenvalue weighted by atomic mass is 9.98. The molecule has 1 aliphatic rings. The van der Waals surface area contributed by atoms with Crippen molar-refractivity contribution in [3.05, 3.63) is 50.2 Å². The van der Waals surface area contributed by atoms with E-state index in [4.69, 9.17) is 0 Å². The number of hydrogen-bond donors (Lipinski definition) is 0. The summed E-state index contributed by atoms with van der Waals surface area (Å²) in [5, 5.41) is 12.5. The molecular formula is C15H13F4N3O2S. The molecule has 0 amide bonds. The predicted octanol–water partition coefficient (Wildman–Crippen LogP) is 4.59. The fourth-order valence-corrected chi connectivity index (χ4v) is 3.90. The van der Waals surface area contributed by atoms with Crippen molar-refractivity contribution in [1.29, 1.82) is 0 Å². The highest BCUT2D eigenvalue weighted by Gasteiger charge is 2.35. The maximum absolute atomic E-state index is 13.8. The molecule has 1 atom stereocenters. The Bertz CT molecular complexity index is 793. The standard InChI is InChI=1S/C15H13F4N3O2S/c16-10-4-1-5-11(13(10)22(23)24)21-6-2-3-9(7-21)14-20-12(8-25-14)15(17,18)19/h1,4-5,8-9H,2-3,6-7H2. The molecule has 1 aliphatic heterocycles. The summed E-state index contributed by atoms with van der Waals surface area (Å²) < 4.78 is 51.9. The van der Waals surface area contributed by atoms with Crippen molar-refractivity contribution in [2.45, 2.75) is 24.9 Å². The molecule has 0 saturated carbocycles. The molecule has 2 heterocycles. The summed E-state index contributed by atoms with van der Waals surface area (Å²) in [6.45, 7) is 0.730. The molecule has 1 saturated heterocycles. The lowest BCUT2D eigenvalue weighted by Gasteiger charge is -2.33. The topological polar surface area (TPSA) is 59.3 Å². The molecule has 10 heteroatoms. The lowest BCUT2D eigenvalue weighted by Crippen LogP contribution is -2.34. The number of para-hydroxylation sites is 1. The Hall–Kier alpha value is -2.23. The van der Waals surface area contributed by atoms with Gasteiger partial charge in [0.2, 0.25) is 5.82 Å². The van der Waals surface area contributed by atoms with E-state index in [2.05, 4.69) is 4.98 Å². The second-order valence-corrected chi connectivity index (χ2v) is 6.61. The van der Waals surface area contributed by atoms with E-state index in [9.17, 15) is 27.7 Å². The number of alkyl halides is 3. The summed E-state index contributed by atoms with van der Waals surface area (Å²) in [6.07, 6.45) is -3.24. The number of hydrogen-bond acceptors (Lipinski definition) is 5. The number of benzene rings is 1. The number of nitro benzene ring substituents is 1. The van der Waals surface area contributed by atoms with Crippen LogP contribution in [0.4, 0.5) is 28.9 Å². The molecule has 1 unspecified atom stereocenters. The first-order chi connectivity index (χ1) is 11.8. The number of thiazole rings is 1. The van der Waals surface area contributed by atoms with E-state index < -0.39 is 28.3 Å². The molecule has 1 fully saturated rings. The van der Waals surface area contributed by atoms with Gasteiger partial charge in [0, 0.05) is 24.4 Å². The fourth-order valence-electron chi connectivity index (χ4n) is 2.94. The maximum atomic E-state index is 13.8. The highest BCUT2D eigenvalue weighted by Crippen LogP contribution is 2.38. The molecule has 0 spiro atoms. The molecule has 0 radical (unpaired) electrons. The third kappa shape index (κ3) is 3.58. The molecule has 1 aromatic carbocycles. The van der Waals surface area contributed by atoms with Crippen molar-refractivity contribution in [1.82, 2.24) is 4.98 Å².